The van der Waals surface area contributed by atoms with E-state index in [1.165, 1.54) is 25.6 Å². The van der Waals surface area contributed by atoms with Crippen LogP contribution in [0.3, 0.4) is 0 Å². The zero-order valence-electron chi connectivity index (χ0n) is 27.9. The number of anilines is 2. The average Bonchev–Trinajstić information content (AvgIpc) is 3.54. The molecule has 2 amide bonds. The number of piperidine rings is 1. The summed E-state index contributed by atoms with van der Waals surface area (Å²) in [6.07, 6.45) is 5.90. The van der Waals surface area contributed by atoms with Crippen LogP contribution in [0.4, 0.5) is 20.3 Å². The lowest BCUT2D eigenvalue weighted by Crippen LogP contribution is -2.44. The Kier molecular flexibility index (Phi) is 11.2. The summed E-state index contributed by atoms with van der Waals surface area (Å²) in [5.41, 5.74) is 2.57. The molecule has 50 heavy (non-hydrogen) atoms. The molecule has 2 fully saturated rings. The second-order valence-electron chi connectivity index (χ2n) is 12.4. The third-order valence-electron chi connectivity index (χ3n) is 9.09. The van der Waals surface area contributed by atoms with Crippen LogP contribution in [0.25, 0.3) is 22.5 Å². The second kappa shape index (κ2) is 15.9. The number of hydrogen-bond donors (Lipinski definition) is 4. The normalized spacial score (nSPS) is 16.4. The van der Waals surface area contributed by atoms with Gasteiger partial charge in [0.05, 0.1) is 29.2 Å². The summed E-state index contributed by atoms with van der Waals surface area (Å²) in [6.45, 7) is 4.26. The molecule has 5 heterocycles. The predicted octanol–water partition coefficient (Wildman–Crippen LogP) is 5.36. The van der Waals surface area contributed by atoms with E-state index in [0.717, 1.165) is 24.8 Å². The first-order chi connectivity index (χ1) is 24.2. The lowest BCUT2D eigenvalue weighted by atomic mass is 10.0. The number of ether oxygens (including phenoxy) is 1. The standard InChI is InChI=1S/C36H39ClF2N8O3/c1-21(48)47-16-12-24(13-17-47)43-19-22-10-14-42-35(32(22)38)45-29-5-3-4-27(33(29)39)34-31(37)26(11-15-41-34)28-8-6-23(36(46-28)50-2)18-40-20-25-7-9-30(49)44-25/h3-6,8,10-11,14-15,24-25,40,43H,7,9,12-13,16-20H2,1-2H3,(H,42,45)(H,44,49). The highest BCUT2D eigenvalue weighted by Gasteiger charge is 2.23. The highest BCUT2D eigenvalue weighted by atomic mass is 35.5. The Morgan fingerprint density at radius 1 is 1.00 bits per heavy atom. The van der Waals surface area contributed by atoms with Crippen LogP contribution in [-0.4, -0.2) is 70.5 Å². The van der Waals surface area contributed by atoms with Gasteiger partial charge in [-0.25, -0.2) is 18.7 Å². The van der Waals surface area contributed by atoms with Crippen LogP contribution in [-0.2, 0) is 22.7 Å². The van der Waals surface area contributed by atoms with E-state index in [4.69, 9.17) is 16.3 Å². The monoisotopic (exact) mass is 704 g/mol. The van der Waals surface area contributed by atoms with Crippen molar-refractivity contribution in [3.8, 4) is 28.4 Å². The number of halogens is 3. The highest BCUT2D eigenvalue weighted by molar-refractivity contribution is 6.35. The molecule has 14 heteroatoms. The summed E-state index contributed by atoms with van der Waals surface area (Å²) >= 11 is 6.86. The number of hydrogen-bond acceptors (Lipinski definition) is 9. The molecule has 4 aromatic rings. The topological polar surface area (TPSA) is 133 Å². The molecular formula is C36H39ClF2N8O3. The molecule has 1 aromatic carbocycles. The van der Waals surface area contributed by atoms with Crippen molar-refractivity contribution in [3.05, 3.63) is 82.6 Å². The molecule has 0 bridgehead atoms. The molecular weight excluding hydrogens is 666 g/mol. The van der Waals surface area contributed by atoms with Crippen molar-refractivity contribution in [2.45, 2.75) is 57.8 Å². The Morgan fingerprint density at radius 3 is 2.54 bits per heavy atom. The minimum atomic E-state index is -0.675. The van der Waals surface area contributed by atoms with Crippen molar-refractivity contribution in [2.24, 2.45) is 0 Å². The maximum atomic E-state index is 16.1. The van der Waals surface area contributed by atoms with E-state index in [0.29, 0.717) is 55.3 Å². The van der Waals surface area contributed by atoms with Gasteiger partial charge in [-0.2, -0.15) is 0 Å². The Bertz CT molecular complexity index is 1870. The Hall–Kier alpha value is -4.72. The van der Waals surface area contributed by atoms with E-state index in [2.05, 4.69) is 36.2 Å². The predicted molar refractivity (Wildman–Crippen MR) is 187 cm³/mol. The number of amides is 2. The first-order valence-electron chi connectivity index (χ1n) is 16.6. The summed E-state index contributed by atoms with van der Waals surface area (Å²) in [4.78, 5) is 38.1. The van der Waals surface area contributed by atoms with Gasteiger partial charge in [0.1, 0.15) is 0 Å². The Morgan fingerprint density at radius 2 is 1.80 bits per heavy atom. The molecule has 2 aliphatic rings. The van der Waals surface area contributed by atoms with Gasteiger partial charge in [0, 0.05) is 92.8 Å². The fourth-order valence-electron chi connectivity index (χ4n) is 6.27. The van der Waals surface area contributed by atoms with Crippen molar-refractivity contribution in [1.29, 1.82) is 0 Å². The van der Waals surface area contributed by atoms with Gasteiger partial charge in [0.25, 0.3) is 0 Å². The van der Waals surface area contributed by atoms with Crippen molar-refractivity contribution in [1.82, 2.24) is 35.8 Å². The van der Waals surface area contributed by atoms with Crippen LogP contribution in [0.1, 0.15) is 43.7 Å². The Balaban J connectivity index is 1.16. The zero-order chi connectivity index (χ0) is 35.2. The van der Waals surface area contributed by atoms with Gasteiger partial charge in [-0.15, -0.1) is 0 Å². The van der Waals surface area contributed by atoms with Crippen LogP contribution in [0.2, 0.25) is 5.02 Å². The fourth-order valence-corrected chi connectivity index (χ4v) is 6.58. The van der Waals surface area contributed by atoms with Gasteiger partial charge in [0.15, 0.2) is 17.5 Å². The summed E-state index contributed by atoms with van der Waals surface area (Å²) in [5, 5.41) is 12.6. The number of rotatable bonds is 12. The van der Waals surface area contributed by atoms with Gasteiger partial charge in [0.2, 0.25) is 17.7 Å². The largest absolute Gasteiger partial charge is 0.481 e. The summed E-state index contributed by atoms with van der Waals surface area (Å²) in [5.74, 6) is -0.847. The van der Waals surface area contributed by atoms with Crippen molar-refractivity contribution in [3.63, 3.8) is 0 Å². The van der Waals surface area contributed by atoms with Crippen molar-refractivity contribution >= 4 is 34.9 Å². The van der Waals surface area contributed by atoms with E-state index < -0.39 is 11.6 Å². The molecule has 0 spiro atoms. The first kappa shape index (κ1) is 35.1. The fraction of sp³-hybridized carbons (Fsp3) is 0.361. The molecule has 0 radical (unpaired) electrons. The number of pyridine rings is 3. The molecule has 6 rings (SSSR count). The highest BCUT2D eigenvalue weighted by Crippen LogP contribution is 2.38. The van der Waals surface area contributed by atoms with Crippen molar-refractivity contribution in [2.75, 3.05) is 32.1 Å². The lowest BCUT2D eigenvalue weighted by Gasteiger charge is -2.31. The minimum Gasteiger partial charge on any atom is -0.481 e. The quantitative estimate of drug-likeness (QED) is 0.154. The van der Waals surface area contributed by atoms with Crippen LogP contribution in [0.15, 0.2) is 54.9 Å². The summed E-state index contributed by atoms with van der Waals surface area (Å²) < 4.78 is 37.2. The molecule has 1 unspecified atom stereocenters. The maximum Gasteiger partial charge on any atom is 0.220 e. The molecule has 4 N–H and O–H groups in total. The SMILES string of the molecule is COc1nc(-c2ccnc(-c3cccc(Nc4nccc(CNC5CCN(C(C)=O)CC5)c4F)c3F)c2Cl)ccc1CNCC1CCC(=O)N1. The van der Waals surface area contributed by atoms with Crippen LogP contribution in [0.5, 0.6) is 5.88 Å². The molecule has 0 saturated carbocycles. The third-order valence-corrected chi connectivity index (χ3v) is 9.47. The number of benzene rings is 1. The van der Waals surface area contributed by atoms with E-state index in [9.17, 15) is 9.59 Å². The van der Waals surface area contributed by atoms with Gasteiger partial charge >= 0.3 is 0 Å². The zero-order valence-corrected chi connectivity index (χ0v) is 28.6. The van der Waals surface area contributed by atoms with Gasteiger partial charge < -0.3 is 30.9 Å². The number of carbonyl (C=O) groups is 2. The van der Waals surface area contributed by atoms with E-state index in [-0.39, 0.29) is 58.2 Å². The minimum absolute atomic E-state index is 0.00713. The van der Waals surface area contributed by atoms with Crippen molar-refractivity contribution < 1.29 is 23.1 Å². The van der Waals surface area contributed by atoms with E-state index in [1.54, 1.807) is 31.2 Å². The van der Waals surface area contributed by atoms with E-state index in [1.807, 2.05) is 17.0 Å². The van der Waals surface area contributed by atoms with Crippen LogP contribution in [0, 0.1) is 11.6 Å². The molecule has 2 aliphatic heterocycles. The van der Waals surface area contributed by atoms with E-state index >= 15 is 8.78 Å². The summed E-state index contributed by atoms with van der Waals surface area (Å²) in [7, 11) is 1.53. The number of carbonyl (C=O) groups excluding carboxylic acids is 2. The molecule has 11 nitrogen and oxygen atoms in total. The third kappa shape index (κ3) is 8.01. The average molecular weight is 705 g/mol. The number of likely N-dealkylation sites (tertiary alicyclic amines) is 1. The van der Waals surface area contributed by atoms with Crippen LogP contribution >= 0.6 is 11.6 Å². The number of methoxy groups -OCH3 is 1. The molecule has 3 aromatic heterocycles. The maximum absolute atomic E-state index is 16.1. The number of nitrogens with zero attached hydrogens (tertiary/aromatic N) is 4. The van der Waals surface area contributed by atoms with Crippen LogP contribution < -0.4 is 26.0 Å². The van der Waals surface area contributed by atoms with Gasteiger partial charge in [-0.05, 0) is 49.6 Å². The second-order valence-corrected chi connectivity index (χ2v) is 12.8. The lowest BCUT2D eigenvalue weighted by molar-refractivity contribution is -0.130. The molecule has 1 atom stereocenters. The Labute approximate surface area is 294 Å². The smallest absolute Gasteiger partial charge is 0.220 e. The molecule has 262 valence electrons. The number of aromatic nitrogens is 3. The van der Waals surface area contributed by atoms with Gasteiger partial charge in [-0.1, -0.05) is 23.7 Å². The molecule has 2 saturated heterocycles. The van der Waals surface area contributed by atoms with Gasteiger partial charge in [-0.3, -0.25) is 14.6 Å². The molecule has 0 aliphatic carbocycles. The summed E-state index contributed by atoms with van der Waals surface area (Å²) in [6, 6.07) is 11.9. The first-order valence-corrected chi connectivity index (χ1v) is 17.0. The number of nitrogens with one attached hydrogen (secondary N) is 4.